The Kier molecular flexibility index (Phi) is 5.27. The molecule has 0 bridgehead atoms. The summed E-state index contributed by atoms with van der Waals surface area (Å²) in [5.74, 6) is 0.677. The van der Waals surface area contributed by atoms with Crippen molar-refractivity contribution in [3.05, 3.63) is 93.6 Å². The third-order valence-electron chi connectivity index (χ3n) is 4.80. The lowest BCUT2D eigenvalue weighted by Crippen LogP contribution is -2.03. The van der Waals surface area contributed by atoms with Gasteiger partial charge in [-0.05, 0) is 49.7 Å². The van der Waals surface area contributed by atoms with E-state index in [9.17, 15) is 4.79 Å². The molecule has 1 heterocycles. The van der Waals surface area contributed by atoms with E-state index in [1.165, 1.54) is 0 Å². The van der Waals surface area contributed by atoms with Crippen molar-refractivity contribution in [1.82, 2.24) is 9.55 Å². The Balaban J connectivity index is 2.13. The highest BCUT2D eigenvalue weighted by molar-refractivity contribution is 6.31. The molecule has 5 heteroatoms. The lowest BCUT2D eigenvalue weighted by atomic mass is 10.1. The van der Waals surface area contributed by atoms with Crippen LogP contribution in [0.1, 0.15) is 21.6 Å². The SMILES string of the molecule is Cc1cccc(-c2nc(C=O)c(-c3cccc(Cl)c3)n2-c2cc(Cl)ccc2C)c1. The Hall–Kier alpha value is -2.88. The number of hydrogen-bond donors (Lipinski definition) is 0. The van der Waals surface area contributed by atoms with E-state index >= 15 is 0 Å². The molecule has 0 N–H and O–H groups in total. The van der Waals surface area contributed by atoms with Crippen LogP contribution in [0.4, 0.5) is 0 Å². The maximum absolute atomic E-state index is 12.0. The van der Waals surface area contributed by atoms with Crippen LogP contribution in [0.25, 0.3) is 28.3 Å². The van der Waals surface area contributed by atoms with Crippen LogP contribution in [0.5, 0.6) is 0 Å². The Morgan fingerprint density at radius 1 is 0.862 bits per heavy atom. The van der Waals surface area contributed by atoms with Crippen LogP contribution in [-0.4, -0.2) is 15.8 Å². The van der Waals surface area contributed by atoms with Gasteiger partial charge < -0.3 is 0 Å². The number of hydrogen-bond acceptors (Lipinski definition) is 2. The van der Waals surface area contributed by atoms with E-state index in [2.05, 4.69) is 6.07 Å². The average molecular weight is 421 g/mol. The number of aryl methyl sites for hydroxylation is 2. The highest BCUT2D eigenvalue weighted by Gasteiger charge is 2.22. The molecule has 3 aromatic carbocycles. The molecule has 0 aliphatic rings. The summed E-state index contributed by atoms with van der Waals surface area (Å²) in [5.41, 5.74) is 5.75. The normalized spacial score (nSPS) is 10.9. The molecule has 0 aliphatic heterocycles. The highest BCUT2D eigenvalue weighted by atomic mass is 35.5. The lowest BCUT2D eigenvalue weighted by Gasteiger charge is -2.16. The molecular weight excluding hydrogens is 403 g/mol. The second-order valence-electron chi connectivity index (χ2n) is 6.93. The molecule has 0 saturated heterocycles. The summed E-state index contributed by atoms with van der Waals surface area (Å²) in [4.78, 5) is 16.7. The maximum atomic E-state index is 12.0. The van der Waals surface area contributed by atoms with Gasteiger partial charge in [-0.15, -0.1) is 0 Å². The Morgan fingerprint density at radius 2 is 1.59 bits per heavy atom. The van der Waals surface area contributed by atoms with E-state index < -0.39 is 0 Å². The monoisotopic (exact) mass is 420 g/mol. The number of carbonyl (C=O) groups excluding carboxylic acids is 1. The number of aromatic nitrogens is 2. The molecule has 4 aromatic rings. The summed E-state index contributed by atoms with van der Waals surface area (Å²) in [6, 6.07) is 21.2. The maximum Gasteiger partial charge on any atom is 0.170 e. The van der Waals surface area contributed by atoms with Crippen molar-refractivity contribution in [3.8, 4) is 28.3 Å². The smallest absolute Gasteiger partial charge is 0.170 e. The molecule has 1 aromatic heterocycles. The van der Waals surface area contributed by atoms with Crippen LogP contribution in [0.2, 0.25) is 10.0 Å². The summed E-state index contributed by atoms with van der Waals surface area (Å²) in [7, 11) is 0. The molecule has 0 spiro atoms. The van der Waals surface area contributed by atoms with Crippen molar-refractivity contribution in [2.24, 2.45) is 0 Å². The van der Waals surface area contributed by atoms with Gasteiger partial charge in [-0.2, -0.15) is 0 Å². The van der Waals surface area contributed by atoms with Crippen LogP contribution in [0.15, 0.2) is 66.7 Å². The fourth-order valence-corrected chi connectivity index (χ4v) is 3.82. The van der Waals surface area contributed by atoms with Crippen LogP contribution >= 0.6 is 23.2 Å². The zero-order chi connectivity index (χ0) is 20.5. The minimum atomic E-state index is 0.350. The topological polar surface area (TPSA) is 34.9 Å². The molecule has 3 nitrogen and oxygen atoms in total. The number of carbonyl (C=O) groups is 1. The standard InChI is InChI=1S/C24H18Cl2N2O/c1-15-5-3-7-18(11-15)24-27-21(14-29)23(17-6-4-8-19(25)12-17)28(24)22-13-20(26)10-9-16(22)2/h3-14H,1-2H3. The van der Waals surface area contributed by atoms with Gasteiger partial charge in [0.25, 0.3) is 0 Å². The highest BCUT2D eigenvalue weighted by Crippen LogP contribution is 2.35. The molecule has 0 saturated carbocycles. The summed E-state index contributed by atoms with van der Waals surface area (Å²) >= 11 is 12.6. The number of nitrogens with zero attached hydrogens (tertiary/aromatic N) is 2. The first kappa shape index (κ1) is 19.4. The van der Waals surface area contributed by atoms with Gasteiger partial charge in [0.15, 0.2) is 6.29 Å². The van der Waals surface area contributed by atoms with E-state index in [0.29, 0.717) is 27.3 Å². The molecule has 29 heavy (non-hydrogen) atoms. The predicted octanol–water partition coefficient (Wildman–Crippen LogP) is 6.94. The van der Waals surface area contributed by atoms with Crippen molar-refractivity contribution in [3.63, 3.8) is 0 Å². The van der Waals surface area contributed by atoms with Gasteiger partial charge in [-0.25, -0.2) is 4.98 Å². The Labute approximate surface area is 179 Å². The molecule has 0 radical (unpaired) electrons. The van der Waals surface area contributed by atoms with Gasteiger partial charge in [0.1, 0.15) is 11.5 Å². The first-order valence-electron chi connectivity index (χ1n) is 9.15. The van der Waals surface area contributed by atoms with Gasteiger partial charge in [-0.1, -0.05) is 65.2 Å². The summed E-state index contributed by atoms with van der Waals surface area (Å²) in [6.45, 7) is 4.04. The van der Waals surface area contributed by atoms with Crippen molar-refractivity contribution >= 4 is 29.5 Å². The van der Waals surface area contributed by atoms with Crippen molar-refractivity contribution in [2.75, 3.05) is 0 Å². The van der Waals surface area contributed by atoms with Crippen molar-refractivity contribution in [1.29, 1.82) is 0 Å². The minimum absolute atomic E-state index is 0.350. The van der Waals surface area contributed by atoms with Gasteiger partial charge in [0.05, 0.1) is 11.4 Å². The molecule has 0 atom stereocenters. The Morgan fingerprint density at radius 3 is 2.31 bits per heavy atom. The Bertz CT molecular complexity index is 1230. The second kappa shape index (κ2) is 7.86. The van der Waals surface area contributed by atoms with Crippen LogP contribution < -0.4 is 0 Å². The number of halogens is 2. The second-order valence-corrected chi connectivity index (χ2v) is 7.81. The van der Waals surface area contributed by atoms with Gasteiger partial charge in [0, 0.05) is 21.2 Å². The van der Waals surface area contributed by atoms with Crippen molar-refractivity contribution < 1.29 is 4.79 Å². The van der Waals surface area contributed by atoms with Crippen molar-refractivity contribution in [2.45, 2.75) is 13.8 Å². The third-order valence-corrected chi connectivity index (χ3v) is 5.27. The lowest BCUT2D eigenvalue weighted by molar-refractivity contribution is 0.112. The summed E-state index contributed by atoms with van der Waals surface area (Å²) in [5, 5.41) is 1.20. The van der Waals surface area contributed by atoms with Gasteiger partial charge >= 0.3 is 0 Å². The number of imidazole rings is 1. The average Bonchev–Trinajstić information content (AvgIpc) is 3.09. The van der Waals surface area contributed by atoms with Crippen LogP contribution in [-0.2, 0) is 0 Å². The molecule has 4 rings (SSSR count). The molecular formula is C24H18Cl2N2O. The number of benzene rings is 3. The van der Waals surface area contributed by atoms with E-state index in [1.807, 2.05) is 73.0 Å². The predicted molar refractivity (Wildman–Crippen MR) is 119 cm³/mol. The third kappa shape index (κ3) is 3.71. The van der Waals surface area contributed by atoms with E-state index in [1.54, 1.807) is 6.07 Å². The molecule has 0 unspecified atom stereocenters. The van der Waals surface area contributed by atoms with Gasteiger partial charge in [0.2, 0.25) is 0 Å². The summed E-state index contributed by atoms with van der Waals surface area (Å²) < 4.78 is 1.99. The summed E-state index contributed by atoms with van der Waals surface area (Å²) in [6.07, 6.45) is 0.784. The fourth-order valence-electron chi connectivity index (χ4n) is 3.47. The quantitative estimate of drug-likeness (QED) is 0.335. The number of rotatable bonds is 4. The van der Waals surface area contributed by atoms with E-state index in [4.69, 9.17) is 28.2 Å². The van der Waals surface area contributed by atoms with Crippen LogP contribution in [0, 0.1) is 13.8 Å². The zero-order valence-corrected chi connectivity index (χ0v) is 17.5. The largest absolute Gasteiger partial charge is 0.296 e. The minimum Gasteiger partial charge on any atom is -0.296 e. The van der Waals surface area contributed by atoms with Gasteiger partial charge in [-0.3, -0.25) is 9.36 Å². The van der Waals surface area contributed by atoms with E-state index in [0.717, 1.165) is 34.2 Å². The number of aldehydes is 1. The molecule has 0 fully saturated rings. The first-order chi connectivity index (χ1) is 14.0. The first-order valence-corrected chi connectivity index (χ1v) is 9.91. The molecule has 144 valence electrons. The zero-order valence-electron chi connectivity index (χ0n) is 16.0. The molecule has 0 amide bonds. The molecule has 0 aliphatic carbocycles. The fraction of sp³-hybridized carbons (Fsp3) is 0.0833. The van der Waals surface area contributed by atoms with E-state index in [-0.39, 0.29) is 0 Å². The van der Waals surface area contributed by atoms with Crippen LogP contribution in [0.3, 0.4) is 0 Å².